The van der Waals surface area contributed by atoms with Gasteiger partial charge in [0.25, 0.3) is 5.91 Å². The summed E-state index contributed by atoms with van der Waals surface area (Å²) in [5.41, 5.74) is 0.302. The van der Waals surface area contributed by atoms with Gasteiger partial charge in [0, 0.05) is 0 Å². The Morgan fingerprint density at radius 2 is 2.00 bits per heavy atom. The summed E-state index contributed by atoms with van der Waals surface area (Å²) >= 11 is 0. The van der Waals surface area contributed by atoms with E-state index in [1.807, 2.05) is 33.8 Å². The van der Waals surface area contributed by atoms with E-state index >= 15 is 0 Å². The summed E-state index contributed by atoms with van der Waals surface area (Å²) in [6.45, 7) is 8.21. The Bertz CT molecular complexity index is 947. The van der Waals surface area contributed by atoms with E-state index in [1.54, 1.807) is 30.3 Å². The van der Waals surface area contributed by atoms with Crippen molar-refractivity contribution >= 4 is 18.0 Å². The maximum atomic E-state index is 12.3. The molecule has 0 saturated carbocycles. The number of amides is 1. The van der Waals surface area contributed by atoms with Crippen LogP contribution >= 0.6 is 0 Å². The molecule has 1 heterocycles. The second-order valence-corrected chi connectivity index (χ2v) is 7.78. The molecule has 1 N–H and O–H groups in total. The highest BCUT2D eigenvalue weighted by atomic mass is 16.6. The molecule has 158 valence electrons. The minimum atomic E-state index is -0.521. The van der Waals surface area contributed by atoms with Crippen LogP contribution in [0.2, 0.25) is 0 Å². The van der Waals surface area contributed by atoms with E-state index < -0.39 is 5.91 Å². The highest BCUT2D eigenvalue weighted by Gasteiger charge is 2.19. The lowest BCUT2D eigenvalue weighted by atomic mass is 9.92. The molecule has 0 atom stereocenters. The number of hydrogen-bond donors (Lipinski definition) is 1. The van der Waals surface area contributed by atoms with Crippen LogP contribution < -0.4 is 14.8 Å². The van der Waals surface area contributed by atoms with E-state index in [0.717, 1.165) is 0 Å². The predicted molar refractivity (Wildman–Crippen MR) is 111 cm³/mol. The molecule has 1 amide bonds. The zero-order chi connectivity index (χ0) is 22.1. The fourth-order valence-corrected chi connectivity index (χ4v) is 2.55. The topological polar surface area (TPSA) is 102 Å². The molecule has 0 spiro atoms. The summed E-state index contributed by atoms with van der Waals surface area (Å²) < 4.78 is 16.2. The molecule has 2 aromatic rings. The molecule has 0 aliphatic heterocycles. The first-order chi connectivity index (χ1) is 14.2. The van der Waals surface area contributed by atoms with Crippen molar-refractivity contribution < 1.29 is 23.5 Å². The van der Waals surface area contributed by atoms with Gasteiger partial charge in [0.05, 0.1) is 25.8 Å². The zero-order valence-electron chi connectivity index (χ0n) is 17.7. The van der Waals surface area contributed by atoms with Gasteiger partial charge in [-0.25, -0.2) is 0 Å². The first kappa shape index (κ1) is 22.8. The molecule has 0 aliphatic rings. The number of esters is 1. The maximum Gasteiger partial charge on any atom is 0.311 e. The van der Waals surface area contributed by atoms with Crippen LogP contribution in [0, 0.1) is 16.7 Å². The summed E-state index contributed by atoms with van der Waals surface area (Å²) in [6.07, 6.45) is 3.21. The van der Waals surface area contributed by atoms with Crippen molar-refractivity contribution in [3.63, 3.8) is 0 Å². The average molecular weight is 410 g/mol. The Hall–Kier alpha value is -3.53. The van der Waals surface area contributed by atoms with Gasteiger partial charge in [0.1, 0.15) is 17.4 Å². The second-order valence-electron chi connectivity index (χ2n) is 7.78. The highest BCUT2D eigenvalue weighted by molar-refractivity contribution is 6.01. The van der Waals surface area contributed by atoms with Gasteiger partial charge in [0.15, 0.2) is 11.5 Å². The van der Waals surface area contributed by atoms with Crippen molar-refractivity contribution in [1.82, 2.24) is 5.32 Å². The summed E-state index contributed by atoms with van der Waals surface area (Å²) in [5, 5.41) is 12.0. The monoisotopic (exact) mass is 410 g/mol. The van der Waals surface area contributed by atoms with E-state index in [0.29, 0.717) is 29.4 Å². The van der Waals surface area contributed by atoms with Crippen molar-refractivity contribution in [3.05, 3.63) is 53.5 Å². The number of nitrogens with one attached hydrogen (secondary N) is 1. The van der Waals surface area contributed by atoms with Crippen LogP contribution in [0.5, 0.6) is 11.5 Å². The second kappa shape index (κ2) is 10.3. The predicted octanol–water partition coefficient (Wildman–Crippen LogP) is 4.24. The number of rotatable bonds is 8. The molecule has 0 aliphatic carbocycles. The number of hydrogen-bond acceptors (Lipinski definition) is 6. The van der Waals surface area contributed by atoms with Gasteiger partial charge in [0.2, 0.25) is 0 Å². The number of benzene rings is 1. The fourth-order valence-electron chi connectivity index (χ4n) is 2.55. The number of carbonyl (C=O) groups is 2. The van der Waals surface area contributed by atoms with Crippen LogP contribution in [0.1, 0.15) is 45.4 Å². The zero-order valence-corrected chi connectivity index (χ0v) is 17.7. The maximum absolute atomic E-state index is 12.3. The van der Waals surface area contributed by atoms with Gasteiger partial charge in [-0.1, -0.05) is 26.8 Å². The quantitative estimate of drug-likeness (QED) is 0.302. The SMILES string of the molecule is CCOc1cc(/C=C(\C#N)C(=O)NCc2ccco2)ccc1OC(=O)CC(C)(C)C. The number of furan rings is 1. The minimum absolute atomic E-state index is 0.0681. The molecule has 0 unspecified atom stereocenters. The van der Waals surface area contributed by atoms with Gasteiger partial charge in [-0.2, -0.15) is 5.26 Å². The largest absolute Gasteiger partial charge is 0.490 e. The number of carbonyl (C=O) groups excluding carboxylic acids is 2. The van der Waals surface area contributed by atoms with Gasteiger partial charge in [-0.3, -0.25) is 9.59 Å². The molecule has 0 radical (unpaired) electrons. The fraction of sp³-hybridized carbons (Fsp3) is 0.348. The molecule has 7 nitrogen and oxygen atoms in total. The van der Waals surface area contributed by atoms with E-state index in [2.05, 4.69) is 5.32 Å². The molecule has 0 fully saturated rings. The first-order valence-corrected chi connectivity index (χ1v) is 9.61. The molecule has 2 rings (SSSR count). The van der Waals surface area contributed by atoms with Crippen LogP contribution in [0.4, 0.5) is 0 Å². The van der Waals surface area contributed by atoms with Gasteiger partial charge in [-0.05, 0) is 48.2 Å². The van der Waals surface area contributed by atoms with Gasteiger partial charge < -0.3 is 19.2 Å². The average Bonchev–Trinajstić information content (AvgIpc) is 3.18. The van der Waals surface area contributed by atoms with Crippen LogP contribution in [-0.2, 0) is 16.1 Å². The number of ether oxygens (including phenoxy) is 2. The smallest absolute Gasteiger partial charge is 0.311 e. The van der Waals surface area contributed by atoms with Crippen molar-refractivity contribution in [2.75, 3.05) is 6.61 Å². The van der Waals surface area contributed by atoms with Crippen molar-refractivity contribution in [1.29, 1.82) is 5.26 Å². The highest BCUT2D eigenvalue weighted by Crippen LogP contribution is 2.31. The third-order valence-corrected chi connectivity index (χ3v) is 3.85. The normalized spacial score (nSPS) is 11.5. The molecule has 0 bridgehead atoms. The molecule has 1 aromatic carbocycles. The molecule has 0 saturated heterocycles. The number of nitrogens with zero attached hydrogens (tertiary/aromatic N) is 1. The standard InChI is InChI=1S/C23H26N2O5/c1-5-28-20-12-16(8-9-19(20)30-21(26)13-23(2,3)4)11-17(14-24)22(27)25-15-18-7-6-10-29-18/h6-12H,5,13,15H2,1-4H3,(H,25,27)/b17-11+. The third kappa shape index (κ3) is 7.13. The Labute approximate surface area is 176 Å². The summed E-state index contributed by atoms with van der Waals surface area (Å²) in [4.78, 5) is 24.4. The molecular formula is C23H26N2O5. The molecule has 1 aromatic heterocycles. The Kier molecular flexibility index (Phi) is 7.82. The van der Waals surface area contributed by atoms with Gasteiger partial charge >= 0.3 is 5.97 Å². The molecular weight excluding hydrogens is 384 g/mol. The van der Waals surface area contributed by atoms with Crippen LogP contribution in [0.3, 0.4) is 0 Å². The van der Waals surface area contributed by atoms with E-state index in [9.17, 15) is 14.9 Å². The van der Waals surface area contributed by atoms with Crippen molar-refractivity contribution in [2.45, 2.75) is 40.7 Å². The Balaban J connectivity index is 2.17. The summed E-state index contributed by atoms with van der Waals surface area (Å²) in [5.74, 6) is 0.362. The van der Waals surface area contributed by atoms with Gasteiger partial charge in [-0.15, -0.1) is 0 Å². The van der Waals surface area contributed by atoms with Crippen molar-refractivity contribution in [3.8, 4) is 17.6 Å². The summed E-state index contributed by atoms with van der Waals surface area (Å²) in [6, 6.07) is 10.2. The van der Waals surface area contributed by atoms with Crippen LogP contribution in [0.15, 0.2) is 46.6 Å². The lowest BCUT2D eigenvalue weighted by Crippen LogP contribution is -2.23. The van der Waals surface area contributed by atoms with E-state index in [1.165, 1.54) is 12.3 Å². The Morgan fingerprint density at radius 1 is 1.23 bits per heavy atom. The molecule has 7 heteroatoms. The minimum Gasteiger partial charge on any atom is -0.490 e. The summed E-state index contributed by atoms with van der Waals surface area (Å²) in [7, 11) is 0. The lowest BCUT2D eigenvalue weighted by molar-refractivity contribution is -0.136. The van der Waals surface area contributed by atoms with Crippen LogP contribution in [-0.4, -0.2) is 18.5 Å². The first-order valence-electron chi connectivity index (χ1n) is 9.61. The Morgan fingerprint density at radius 3 is 2.60 bits per heavy atom. The van der Waals surface area contributed by atoms with Crippen LogP contribution in [0.25, 0.3) is 6.08 Å². The van der Waals surface area contributed by atoms with E-state index in [4.69, 9.17) is 13.9 Å². The molecule has 30 heavy (non-hydrogen) atoms. The van der Waals surface area contributed by atoms with E-state index in [-0.39, 0.29) is 29.9 Å². The lowest BCUT2D eigenvalue weighted by Gasteiger charge is -2.17. The van der Waals surface area contributed by atoms with Crippen molar-refractivity contribution in [2.24, 2.45) is 5.41 Å². The third-order valence-electron chi connectivity index (χ3n) is 3.85. The number of nitriles is 1.